The molecular weight excluding hydrogens is 551 g/mol. The van der Waals surface area contributed by atoms with E-state index in [0.29, 0.717) is 10.7 Å². The van der Waals surface area contributed by atoms with Gasteiger partial charge in [-0.1, -0.05) is 35.6 Å². The van der Waals surface area contributed by atoms with Gasteiger partial charge in [0.1, 0.15) is 5.75 Å². The molecule has 1 aromatic heterocycles. The summed E-state index contributed by atoms with van der Waals surface area (Å²) in [5.74, 6) is 0.640. The van der Waals surface area contributed by atoms with Gasteiger partial charge in [0.2, 0.25) is 0 Å². The van der Waals surface area contributed by atoms with Crippen LogP contribution in [0.25, 0.3) is 10.2 Å². The number of ether oxygens (including phenoxy) is 1. The summed E-state index contributed by atoms with van der Waals surface area (Å²) in [6.07, 6.45) is 0. The normalized spacial score (nSPS) is 10.3. The first-order valence-corrected chi connectivity index (χ1v) is 11.2. The van der Waals surface area contributed by atoms with E-state index in [9.17, 15) is 4.79 Å². The van der Waals surface area contributed by atoms with Gasteiger partial charge < -0.3 is 21.7 Å². The van der Waals surface area contributed by atoms with Crippen molar-refractivity contribution in [1.82, 2.24) is 4.98 Å². The van der Waals surface area contributed by atoms with Gasteiger partial charge in [0.05, 0.1) is 17.3 Å². The zero-order valence-electron chi connectivity index (χ0n) is 14.9. The number of carbonyl (C=O) groups is 1. The molecule has 0 spiro atoms. The van der Waals surface area contributed by atoms with E-state index >= 15 is 0 Å². The lowest BCUT2D eigenvalue weighted by molar-refractivity contribution is -0.597. The van der Waals surface area contributed by atoms with Gasteiger partial charge in [0.25, 0.3) is 5.91 Å². The molecule has 4 rings (SSSR count). The van der Waals surface area contributed by atoms with E-state index in [1.54, 1.807) is 7.11 Å². The van der Waals surface area contributed by atoms with E-state index in [4.69, 9.17) is 4.74 Å². The van der Waals surface area contributed by atoms with Crippen molar-refractivity contribution in [3.05, 3.63) is 85.5 Å². The number of benzene rings is 3. The highest BCUT2D eigenvalue weighted by molar-refractivity contribution is 7.22. The quantitative estimate of drug-likeness (QED) is 0.305. The summed E-state index contributed by atoms with van der Waals surface area (Å²) in [6, 6.07) is 23.9. The van der Waals surface area contributed by atoms with E-state index in [1.807, 2.05) is 54.6 Å². The monoisotopic (exact) mass is 566 g/mol. The van der Waals surface area contributed by atoms with Crippen molar-refractivity contribution in [2.75, 3.05) is 12.4 Å². The summed E-state index contributed by atoms with van der Waals surface area (Å²) in [4.78, 5) is 17.1. The van der Waals surface area contributed by atoms with E-state index in [0.717, 1.165) is 16.0 Å². The van der Waals surface area contributed by atoms with Crippen molar-refractivity contribution in [3.8, 4) is 5.75 Å². The first-order chi connectivity index (χ1) is 13.2. The second kappa shape index (κ2) is 9.49. The van der Waals surface area contributed by atoms with Crippen molar-refractivity contribution in [3.63, 3.8) is 0 Å². The number of hydrogen-bond acceptors (Lipinski definition) is 4. The maximum atomic E-state index is 12.7. The largest absolute Gasteiger partial charge is 1.00 e. The van der Waals surface area contributed by atoms with E-state index < -0.39 is 0 Å². The Bertz CT molecular complexity index is 1100. The molecule has 0 saturated heterocycles. The molecule has 142 valence electrons. The van der Waals surface area contributed by atoms with Crippen molar-refractivity contribution < 1.29 is 47.7 Å². The second-order valence-corrected chi connectivity index (χ2v) is 9.77. The molecule has 0 atom stereocenters. The Morgan fingerprint density at radius 3 is 2.57 bits per heavy atom. The number of nitrogens with one attached hydrogen (secondary N) is 1. The summed E-state index contributed by atoms with van der Waals surface area (Å²) in [5, 5.41) is 3.51. The number of rotatable bonds is 5. The van der Waals surface area contributed by atoms with Crippen LogP contribution in [0.4, 0.5) is 5.13 Å². The van der Waals surface area contributed by atoms with E-state index in [1.165, 1.54) is 18.5 Å². The number of aromatic nitrogens is 1. The Kier molecular flexibility index (Phi) is 7.03. The summed E-state index contributed by atoms with van der Waals surface area (Å²) in [5.41, 5.74) is 1.50. The molecule has 1 N–H and O–H groups in total. The van der Waals surface area contributed by atoms with Gasteiger partial charge >= 0.3 is 21.2 Å². The maximum absolute atomic E-state index is 12.7. The summed E-state index contributed by atoms with van der Waals surface area (Å²) >= 11 is 1.14. The third kappa shape index (κ3) is 4.89. The molecular formula is C21H16BrIN2O2S. The Hall–Kier alpha value is -1.97. The van der Waals surface area contributed by atoms with Crippen LogP contribution in [-0.4, -0.2) is 18.0 Å². The number of methoxy groups -OCH3 is 1. The van der Waals surface area contributed by atoms with E-state index in [2.05, 4.69) is 28.5 Å². The summed E-state index contributed by atoms with van der Waals surface area (Å²) in [6.45, 7) is 0. The SMILES string of the molecule is COc1ccc2nc(NC(=O)c3cccc([I+]c4ccccc4)c3)sc2c1.[Br-]. The topological polar surface area (TPSA) is 51.2 Å². The van der Waals surface area contributed by atoms with Crippen LogP contribution in [0.3, 0.4) is 0 Å². The van der Waals surface area contributed by atoms with Gasteiger partial charge in [-0.3, -0.25) is 10.1 Å². The van der Waals surface area contributed by atoms with Crippen molar-refractivity contribution >= 4 is 32.6 Å². The molecule has 0 fully saturated rings. The zero-order chi connectivity index (χ0) is 18.6. The van der Waals surface area contributed by atoms with Crippen LogP contribution in [-0.2, 0) is 0 Å². The highest BCUT2D eigenvalue weighted by atomic mass is 127. The number of hydrogen-bond donors (Lipinski definition) is 1. The van der Waals surface area contributed by atoms with Crippen LogP contribution >= 0.6 is 11.3 Å². The minimum Gasteiger partial charge on any atom is -1.00 e. The molecule has 0 saturated carbocycles. The van der Waals surface area contributed by atoms with Gasteiger partial charge in [0, 0.05) is 11.6 Å². The molecule has 0 unspecified atom stereocenters. The summed E-state index contributed by atoms with van der Waals surface area (Å²) < 4.78 is 8.76. The number of amides is 1. The number of halogens is 2. The van der Waals surface area contributed by atoms with Crippen LogP contribution in [0.2, 0.25) is 0 Å². The lowest BCUT2D eigenvalue weighted by Gasteiger charge is -2.00. The Labute approximate surface area is 188 Å². The van der Waals surface area contributed by atoms with Gasteiger partial charge in [0.15, 0.2) is 12.3 Å². The van der Waals surface area contributed by atoms with Crippen LogP contribution in [0, 0.1) is 7.14 Å². The fraction of sp³-hybridized carbons (Fsp3) is 0.0476. The molecule has 7 heteroatoms. The minimum absolute atomic E-state index is 0. The van der Waals surface area contributed by atoms with Crippen molar-refractivity contribution in [2.45, 2.75) is 0 Å². The molecule has 0 aliphatic rings. The highest BCUT2D eigenvalue weighted by Gasteiger charge is 2.18. The maximum Gasteiger partial charge on any atom is 0.357 e. The predicted molar refractivity (Wildman–Crippen MR) is 104 cm³/mol. The number of nitrogens with zero attached hydrogens (tertiary/aromatic N) is 1. The molecule has 0 bridgehead atoms. The molecule has 4 aromatic rings. The molecule has 0 aliphatic heterocycles. The lowest BCUT2D eigenvalue weighted by atomic mass is 10.2. The third-order valence-corrected chi connectivity index (χ3v) is 7.42. The number of fused-ring (bicyclic) bond motifs is 1. The highest BCUT2D eigenvalue weighted by Crippen LogP contribution is 2.29. The molecule has 3 aromatic carbocycles. The average Bonchev–Trinajstić information content (AvgIpc) is 3.10. The molecule has 0 radical (unpaired) electrons. The Morgan fingerprint density at radius 1 is 1.00 bits per heavy atom. The average molecular weight is 567 g/mol. The van der Waals surface area contributed by atoms with Crippen LogP contribution < -0.4 is 48.2 Å². The zero-order valence-corrected chi connectivity index (χ0v) is 19.4. The van der Waals surface area contributed by atoms with Gasteiger partial charge in [-0.05, 0) is 42.5 Å². The van der Waals surface area contributed by atoms with E-state index in [-0.39, 0.29) is 44.1 Å². The van der Waals surface area contributed by atoms with Gasteiger partial charge in [-0.25, -0.2) is 4.98 Å². The lowest BCUT2D eigenvalue weighted by Crippen LogP contribution is -3.61. The second-order valence-electron chi connectivity index (χ2n) is 5.71. The smallest absolute Gasteiger partial charge is 0.357 e. The Balaban J connectivity index is 0.00000225. The standard InChI is InChI=1S/C21H15IN2O2S.BrH/c1-26-17-10-11-18-19(13-17)27-21(23-18)24-20(25)14-6-5-9-16(12-14)22-15-7-3-2-4-8-15;/h2-13H,1H3;1H. The number of thiazole rings is 1. The fourth-order valence-corrected chi connectivity index (χ4v) is 5.81. The first kappa shape index (κ1) is 20.8. The Morgan fingerprint density at radius 2 is 1.79 bits per heavy atom. The predicted octanol–water partition coefficient (Wildman–Crippen LogP) is -1.31. The summed E-state index contributed by atoms with van der Waals surface area (Å²) in [7, 11) is 1.63. The van der Waals surface area contributed by atoms with Crippen molar-refractivity contribution in [2.24, 2.45) is 0 Å². The molecule has 0 aliphatic carbocycles. The number of carbonyl (C=O) groups excluding carboxylic acids is 1. The van der Waals surface area contributed by atoms with Crippen LogP contribution in [0.1, 0.15) is 10.4 Å². The third-order valence-electron chi connectivity index (χ3n) is 3.85. The van der Waals surface area contributed by atoms with Gasteiger partial charge in [-0.2, -0.15) is 0 Å². The van der Waals surface area contributed by atoms with Gasteiger partial charge in [-0.15, -0.1) is 0 Å². The molecule has 1 amide bonds. The molecule has 4 nitrogen and oxygen atoms in total. The minimum atomic E-state index is -0.304. The van der Waals surface area contributed by atoms with Crippen LogP contribution in [0.15, 0.2) is 72.8 Å². The van der Waals surface area contributed by atoms with Crippen LogP contribution in [0.5, 0.6) is 5.75 Å². The van der Waals surface area contributed by atoms with Crippen molar-refractivity contribution in [1.29, 1.82) is 0 Å². The fourth-order valence-electron chi connectivity index (χ4n) is 2.55. The number of anilines is 1. The molecule has 1 heterocycles. The molecule has 28 heavy (non-hydrogen) atoms. The first-order valence-electron chi connectivity index (χ1n) is 8.27.